The van der Waals surface area contributed by atoms with Crippen LogP contribution in [0.3, 0.4) is 0 Å². The lowest BCUT2D eigenvalue weighted by atomic mass is 10.00. The molecule has 1 aliphatic heterocycles. The molecule has 1 aromatic carbocycles. The van der Waals surface area contributed by atoms with Gasteiger partial charge in [0.1, 0.15) is 5.82 Å². The minimum absolute atomic E-state index is 0.161. The van der Waals surface area contributed by atoms with Gasteiger partial charge in [-0.3, -0.25) is 4.79 Å². The molecule has 0 saturated heterocycles. The lowest BCUT2D eigenvalue weighted by molar-refractivity contribution is 0.101. The average Bonchev–Trinajstić information content (AvgIpc) is 2.33. The number of hydrogen-bond acceptors (Lipinski definition) is 2. The summed E-state index contributed by atoms with van der Waals surface area (Å²) in [6.45, 7) is 0.644. The monoisotopic (exact) mass is 284 g/mol. The second-order valence-corrected chi connectivity index (χ2v) is 4.43. The van der Waals surface area contributed by atoms with Crippen molar-refractivity contribution >= 4 is 21.7 Å². The third kappa shape index (κ3) is 2.32. The third-order valence-electron chi connectivity index (χ3n) is 2.41. The second kappa shape index (κ2) is 4.78. The number of carbonyl (C=O) groups excluding carboxylic acids is 1. The molecule has 0 fully saturated rings. The number of ether oxygens (including phenoxy) is 1. The summed E-state index contributed by atoms with van der Waals surface area (Å²) in [6.07, 6.45) is 3.00. The SMILES string of the molecule is O=C(C1=COCCC1)c1ccc(Br)c(F)c1. The van der Waals surface area contributed by atoms with Crippen molar-refractivity contribution in [1.82, 2.24) is 0 Å². The average molecular weight is 285 g/mol. The Kier molecular flexibility index (Phi) is 3.39. The fourth-order valence-corrected chi connectivity index (χ4v) is 1.80. The van der Waals surface area contributed by atoms with Crippen LogP contribution >= 0.6 is 15.9 Å². The summed E-state index contributed by atoms with van der Waals surface area (Å²) in [7, 11) is 0. The molecule has 84 valence electrons. The summed E-state index contributed by atoms with van der Waals surface area (Å²) in [5.41, 5.74) is 0.963. The number of halogens is 2. The maximum absolute atomic E-state index is 13.3. The van der Waals surface area contributed by atoms with Crippen LogP contribution in [-0.4, -0.2) is 12.4 Å². The Morgan fingerprint density at radius 1 is 1.44 bits per heavy atom. The summed E-state index contributed by atoms with van der Waals surface area (Å²) in [4.78, 5) is 11.9. The van der Waals surface area contributed by atoms with Gasteiger partial charge in [0.05, 0.1) is 17.3 Å². The highest BCUT2D eigenvalue weighted by Crippen LogP contribution is 2.21. The minimum atomic E-state index is -0.428. The maximum Gasteiger partial charge on any atom is 0.192 e. The molecular formula is C12H10BrFO2. The van der Waals surface area contributed by atoms with Crippen molar-refractivity contribution in [3.8, 4) is 0 Å². The second-order valence-electron chi connectivity index (χ2n) is 3.58. The predicted octanol–water partition coefficient (Wildman–Crippen LogP) is 3.47. The molecule has 0 aliphatic carbocycles. The molecule has 0 saturated carbocycles. The molecule has 0 spiro atoms. The van der Waals surface area contributed by atoms with Crippen molar-refractivity contribution in [2.45, 2.75) is 12.8 Å². The van der Waals surface area contributed by atoms with Crippen molar-refractivity contribution in [3.05, 3.63) is 45.9 Å². The van der Waals surface area contributed by atoms with Crippen LogP contribution in [0, 0.1) is 5.82 Å². The van der Waals surface area contributed by atoms with Gasteiger partial charge in [-0.1, -0.05) is 0 Å². The lowest BCUT2D eigenvalue weighted by Crippen LogP contribution is -2.09. The molecule has 0 aromatic heterocycles. The van der Waals surface area contributed by atoms with E-state index in [4.69, 9.17) is 4.74 Å². The number of hydrogen-bond donors (Lipinski definition) is 0. The van der Waals surface area contributed by atoms with Crippen LogP contribution in [0.15, 0.2) is 34.5 Å². The first-order valence-electron chi connectivity index (χ1n) is 4.99. The van der Waals surface area contributed by atoms with Crippen LogP contribution in [0.1, 0.15) is 23.2 Å². The van der Waals surface area contributed by atoms with Crippen LogP contribution < -0.4 is 0 Å². The summed E-state index contributed by atoms with van der Waals surface area (Å²) in [6, 6.07) is 4.37. The first kappa shape index (κ1) is 11.3. The summed E-state index contributed by atoms with van der Waals surface area (Å²) in [5, 5.41) is 0. The lowest BCUT2D eigenvalue weighted by Gasteiger charge is -2.12. The maximum atomic E-state index is 13.3. The van der Waals surface area contributed by atoms with Gasteiger partial charge in [-0.25, -0.2) is 4.39 Å². The molecule has 2 rings (SSSR count). The van der Waals surface area contributed by atoms with Crippen LogP contribution in [0.4, 0.5) is 4.39 Å². The fourth-order valence-electron chi connectivity index (χ4n) is 1.55. The number of carbonyl (C=O) groups is 1. The quantitative estimate of drug-likeness (QED) is 0.778. The standard InChI is InChI=1S/C12H10BrFO2/c13-10-4-3-8(6-11(10)14)12(15)9-2-1-5-16-7-9/h3-4,6-7H,1-2,5H2. The zero-order chi connectivity index (χ0) is 11.5. The summed E-state index contributed by atoms with van der Waals surface area (Å²) >= 11 is 3.05. The van der Waals surface area contributed by atoms with E-state index in [9.17, 15) is 9.18 Å². The van der Waals surface area contributed by atoms with Crippen molar-refractivity contribution in [3.63, 3.8) is 0 Å². The highest BCUT2D eigenvalue weighted by atomic mass is 79.9. The number of benzene rings is 1. The molecule has 0 amide bonds. The minimum Gasteiger partial charge on any atom is -0.501 e. The van der Waals surface area contributed by atoms with E-state index < -0.39 is 5.82 Å². The molecule has 16 heavy (non-hydrogen) atoms. The normalized spacial score (nSPS) is 15.2. The van der Waals surface area contributed by atoms with E-state index in [-0.39, 0.29) is 5.78 Å². The van der Waals surface area contributed by atoms with E-state index in [1.807, 2.05) is 0 Å². The Morgan fingerprint density at radius 3 is 2.88 bits per heavy atom. The van der Waals surface area contributed by atoms with Gasteiger partial charge in [0.15, 0.2) is 5.78 Å². The number of Topliss-reactive ketones (excluding diaryl/α,β-unsaturated/α-hetero) is 1. The molecule has 0 bridgehead atoms. The smallest absolute Gasteiger partial charge is 0.192 e. The van der Waals surface area contributed by atoms with Crippen molar-refractivity contribution in [2.75, 3.05) is 6.61 Å². The number of ketones is 1. The van der Waals surface area contributed by atoms with Gasteiger partial charge in [-0.2, -0.15) is 0 Å². The van der Waals surface area contributed by atoms with Crippen LogP contribution in [0.25, 0.3) is 0 Å². The van der Waals surface area contributed by atoms with Gasteiger partial charge in [0.2, 0.25) is 0 Å². The third-order valence-corrected chi connectivity index (χ3v) is 3.05. The van der Waals surface area contributed by atoms with Crippen molar-refractivity contribution in [2.24, 2.45) is 0 Å². The Balaban J connectivity index is 2.26. The van der Waals surface area contributed by atoms with Crippen LogP contribution in [0.2, 0.25) is 0 Å². The zero-order valence-corrected chi connectivity index (χ0v) is 10.1. The molecule has 2 nitrogen and oxygen atoms in total. The molecule has 1 aliphatic rings. The van der Waals surface area contributed by atoms with E-state index in [0.29, 0.717) is 28.6 Å². The fraction of sp³-hybridized carbons (Fsp3) is 0.250. The van der Waals surface area contributed by atoms with Gasteiger partial charge < -0.3 is 4.74 Å². The molecular weight excluding hydrogens is 275 g/mol. The van der Waals surface area contributed by atoms with Gasteiger partial charge in [-0.15, -0.1) is 0 Å². The molecule has 0 radical (unpaired) electrons. The number of allylic oxidation sites excluding steroid dienone is 1. The van der Waals surface area contributed by atoms with E-state index >= 15 is 0 Å². The van der Waals surface area contributed by atoms with E-state index in [2.05, 4.69) is 15.9 Å². The first-order valence-corrected chi connectivity index (χ1v) is 5.78. The van der Waals surface area contributed by atoms with Crippen molar-refractivity contribution in [1.29, 1.82) is 0 Å². The van der Waals surface area contributed by atoms with Crippen LogP contribution in [-0.2, 0) is 4.74 Å². The first-order chi connectivity index (χ1) is 7.68. The Bertz CT molecular complexity index is 454. The van der Waals surface area contributed by atoms with Gasteiger partial charge >= 0.3 is 0 Å². The van der Waals surface area contributed by atoms with Gasteiger partial charge in [0, 0.05) is 11.1 Å². The van der Waals surface area contributed by atoms with E-state index in [1.165, 1.54) is 18.4 Å². The number of rotatable bonds is 2. The summed E-state index contributed by atoms with van der Waals surface area (Å²) in [5.74, 6) is -0.589. The Morgan fingerprint density at radius 2 is 2.25 bits per heavy atom. The highest BCUT2D eigenvalue weighted by Gasteiger charge is 2.16. The molecule has 4 heteroatoms. The molecule has 0 unspecified atom stereocenters. The van der Waals surface area contributed by atoms with Crippen LogP contribution in [0.5, 0.6) is 0 Å². The Hall–Kier alpha value is -1.16. The highest BCUT2D eigenvalue weighted by molar-refractivity contribution is 9.10. The molecule has 1 aromatic rings. The Labute approximate surface area is 101 Å². The van der Waals surface area contributed by atoms with Crippen molar-refractivity contribution < 1.29 is 13.9 Å². The van der Waals surface area contributed by atoms with E-state index in [0.717, 1.165) is 6.42 Å². The molecule has 0 atom stereocenters. The topological polar surface area (TPSA) is 26.3 Å². The van der Waals surface area contributed by atoms with E-state index in [1.54, 1.807) is 6.07 Å². The van der Waals surface area contributed by atoms with Gasteiger partial charge in [0.25, 0.3) is 0 Å². The largest absolute Gasteiger partial charge is 0.501 e. The zero-order valence-electron chi connectivity index (χ0n) is 8.50. The molecule has 0 N–H and O–H groups in total. The summed E-state index contributed by atoms with van der Waals surface area (Å²) < 4.78 is 18.7. The predicted molar refractivity (Wildman–Crippen MR) is 61.7 cm³/mol. The van der Waals surface area contributed by atoms with Gasteiger partial charge in [-0.05, 0) is 47.0 Å². The molecule has 1 heterocycles.